The molecule has 1 heterocycles. The van der Waals surface area contributed by atoms with Crippen LogP contribution in [0.3, 0.4) is 0 Å². The van der Waals surface area contributed by atoms with E-state index < -0.39 is 0 Å². The van der Waals surface area contributed by atoms with Gasteiger partial charge >= 0.3 is 0 Å². The Morgan fingerprint density at radius 1 is 1.53 bits per heavy atom. The van der Waals surface area contributed by atoms with Gasteiger partial charge in [-0.25, -0.2) is 4.39 Å². The fraction of sp³-hybridized carbons (Fsp3) is 0.571. The average Bonchev–Trinajstić information content (AvgIpc) is 2.45. The molecule has 0 radical (unpaired) electrons. The predicted molar refractivity (Wildman–Crippen MR) is 72.1 cm³/mol. The third-order valence-electron chi connectivity index (χ3n) is 3.19. The summed E-state index contributed by atoms with van der Waals surface area (Å²) in [6.45, 7) is 4.17. The highest BCUT2D eigenvalue weighted by Crippen LogP contribution is 2.19. The number of halogens is 1. The van der Waals surface area contributed by atoms with Gasteiger partial charge in [0, 0.05) is 19.6 Å². The van der Waals surface area contributed by atoms with Gasteiger partial charge in [0.25, 0.3) is 0 Å². The van der Waals surface area contributed by atoms with Gasteiger partial charge in [0.2, 0.25) is 0 Å². The van der Waals surface area contributed by atoms with Gasteiger partial charge in [-0.2, -0.15) is 0 Å². The SMILES string of the molecule is COc1ccc(F)cc1CCNCC1CNCCO1. The quantitative estimate of drug-likeness (QED) is 0.754. The molecule has 1 aliphatic rings. The molecule has 106 valence electrons. The minimum atomic E-state index is -0.226. The summed E-state index contributed by atoms with van der Waals surface area (Å²) in [5.74, 6) is 0.509. The normalized spacial score (nSPS) is 19.4. The van der Waals surface area contributed by atoms with Crippen LogP contribution in [0.5, 0.6) is 5.75 Å². The Labute approximate surface area is 113 Å². The van der Waals surface area contributed by atoms with Gasteiger partial charge < -0.3 is 20.1 Å². The molecule has 5 heteroatoms. The summed E-state index contributed by atoms with van der Waals surface area (Å²) >= 11 is 0. The van der Waals surface area contributed by atoms with Gasteiger partial charge in [0.1, 0.15) is 11.6 Å². The summed E-state index contributed by atoms with van der Waals surface area (Å²) in [7, 11) is 1.60. The van der Waals surface area contributed by atoms with E-state index in [0.29, 0.717) is 0 Å². The largest absolute Gasteiger partial charge is 0.496 e. The van der Waals surface area contributed by atoms with E-state index in [1.54, 1.807) is 13.2 Å². The van der Waals surface area contributed by atoms with E-state index in [0.717, 1.165) is 50.5 Å². The lowest BCUT2D eigenvalue weighted by Crippen LogP contribution is -2.44. The van der Waals surface area contributed by atoms with E-state index in [1.807, 2.05) is 0 Å². The van der Waals surface area contributed by atoms with Crippen LogP contribution in [0.25, 0.3) is 0 Å². The maximum atomic E-state index is 13.2. The molecule has 19 heavy (non-hydrogen) atoms. The predicted octanol–water partition coefficient (Wildman–Crippen LogP) is 0.955. The second-order valence-electron chi connectivity index (χ2n) is 4.61. The summed E-state index contributed by atoms with van der Waals surface area (Å²) in [6, 6.07) is 4.61. The first-order valence-electron chi connectivity index (χ1n) is 6.65. The lowest BCUT2D eigenvalue weighted by molar-refractivity contribution is 0.0294. The number of hydrogen-bond donors (Lipinski definition) is 2. The molecule has 1 saturated heterocycles. The first-order chi connectivity index (χ1) is 9.29. The van der Waals surface area contributed by atoms with Crippen molar-refractivity contribution in [2.75, 3.05) is 39.9 Å². The van der Waals surface area contributed by atoms with Crippen molar-refractivity contribution < 1.29 is 13.9 Å². The molecule has 0 saturated carbocycles. The number of rotatable bonds is 6. The van der Waals surface area contributed by atoms with Crippen LogP contribution in [-0.2, 0) is 11.2 Å². The Morgan fingerprint density at radius 3 is 3.16 bits per heavy atom. The van der Waals surface area contributed by atoms with Crippen LogP contribution in [0.4, 0.5) is 4.39 Å². The zero-order valence-electron chi connectivity index (χ0n) is 11.2. The molecule has 1 atom stereocenters. The molecule has 0 aliphatic carbocycles. The van der Waals surface area contributed by atoms with Crippen molar-refractivity contribution in [1.29, 1.82) is 0 Å². The summed E-state index contributed by atoms with van der Waals surface area (Å²) in [4.78, 5) is 0. The number of methoxy groups -OCH3 is 1. The van der Waals surface area contributed by atoms with Gasteiger partial charge in [-0.3, -0.25) is 0 Å². The minimum absolute atomic E-state index is 0.225. The third-order valence-corrected chi connectivity index (χ3v) is 3.19. The van der Waals surface area contributed by atoms with Crippen LogP contribution in [-0.4, -0.2) is 46.0 Å². The molecule has 2 N–H and O–H groups in total. The van der Waals surface area contributed by atoms with Crippen molar-refractivity contribution in [2.45, 2.75) is 12.5 Å². The number of hydrogen-bond acceptors (Lipinski definition) is 4. The topological polar surface area (TPSA) is 42.5 Å². The maximum absolute atomic E-state index is 13.2. The molecule has 0 bridgehead atoms. The van der Waals surface area contributed by atoms with Crippen LogP contribution < -0.4 is 15.4 Å². The zero-order chi connectivity index (χ0) is 13.5. The number of benzene rings is 1. The van der Waals surface area contributed by atoms with E-state index in [-0.39, 0.29) is 11.9 Å². The highest BCUT2D eigenvalue weighted by molar-refractivity contribution is 5.34. The summed E-state index contributed by atoms with van der Waals surface area (Å²) in [5, 5.41) is 6.62. The Bertz CT molecular complexity index is 395. The van der Waals surface area contributed by atoms with Crippen LogP contribution in [0.1, 0.15) is 5.56 Å². The van der Waals surface area contributed by atoms with E-state index >= 15 is 0 Å². The molecular weight excluding hydrogens is 247 g/mol. The van der Waals surface area contributed by atoms with Crippen LogP contribution in [0.15, 0.2) is 18.2 Å². The van der Waals surface area contributed by atoms with Crippen molar-refractivity contribution >= 4 is 0 Å². The lowest BCUT2D eigenvalue weighted by atomic mass is 10.1. The number of morpholine rings is 1. The molecule has 1 unspecified atom stereocenters. The smallest absolute Gasteiger partial charge is 0.123 e. The first kappa shape index (κ1) is 14.2. The average molecular weight is 268 g/mol. The van der Waals surface area contributed by atoms with E-state index in [2.05, 4.69) is 10.6 Å². The second-order valence-corrected chi connectivity index (χ2v) is 4.61. The first-order valence-corrected chi connectivity index (χ1v) is 6.65. The molecule has 1 aliphatic heterocycles. The van der Waals surface area contributed by atoms with Crippen molar-refractivity contribution in [1.82, 2.24) is 10.6 Å². The van der Waals surface area contributed by atoms with Crippen molar-refractivity contribution in [3.8, 4) is 5.75 Å². The molecule has 0 spiro atoms. The molecule has 1 fully saturated rings. The summed E-state index contributed by atoms with van der Waals surface area (Å²) in [6.07, 6.45) is 0.962. The Morgan fingerprint density at radius 2 is 2.42 bits per heavy atom. The van der Waals surface area contributed by atoms with E-state index in [9.17, 15) is 4.39 Å². The minimum Gasteiger partial charge on any atom is -0.496 e. The Hall–Kier alpha value is -1.17. The third kappa shape index (κ3) is 4.45. The van der Waals surface area contributed by atoms with Crippen LogP contribution in [0, 0.1) is 5.82 Å². The van der Waals surface area contributed by atoms with E-state index in [4.69, 9.17) is 9.47 Å². The van der Waals surface area contributed by atoms with Crippen LogP contribution >= 0.6 is 0 Å². The molecule has 0 aromatic heterocycles. The van der Waals surface area contributed by atoms with Crippen molar-refractivity contribution in [3.05, 3.63) is 29.6 Å². The Kier molecular flexibility index (Phi) is 5.57. The molecule has 4 nitrogen and oxygen atoms in total. The highest BCUT2D eigenvalue weighted by atomic mass is 19.1. The fourth-order valence-electron chi connectivity index (χ4n) is 2.18. The van der Waals surface area contributed by atoms with Gasteiger partial charge in [0.05, 0.1) is 19.8 Å². The van der Waals surface area contributed by atoms with Gasteiger partial charge in [0.15, 0.2) is 0 Å². The molecule has 2 rings (SSSR count). The maximum Gasteiger partial charge on any atom is 0.123 e. The monoisotopic (exact) mass is 268 g/mol. The van der Waals surface area contributed by atoms with Gasteiger partial charge in [-0.1, -0.05) is 0 Å². The second kappa shape index (κ2) is 7.43. The molecule has 0 amide bonds. The van der Waals surface area contributed by atoms with Gasteiger partial charge in [-0.05, 0) is 36.7 Å². The zero-order valence-corrected chi connectivity index (χ0v) is 11.2. The van der Waals surface area contributed by atoms with Crippen LogP contribution in [0.2, 0.25) is 0 Å². The van der Waals surface area contributed by atoms with Crippen molar-refractivity contribution in [2.24, 2.45) is 0 Å². The number of ether oxygens (including phenoxy) is 2. The molecular formula is C14H21FN2O2. The molecule has 1 aromatic carbocycles. The van der Waals surface area contributed by atoms with Gasteiger partial charge in [-0.15, -0.1) is 0 Å². The fourth-order valence-corrected chi connectivity index (χ4v) is 2.18. The summed E-state index contributed by atoms with van der Waals surface area (Å²) < 4.78 is 24.0. The lowest BCUT2D eigenvalue weighted by Gasteiger charge is -2.23. The summed E-state index contributed by atoms with van der Waals surface area (Å²) in [5.41, 5.74) is 0.887. The van der Waals surface area contributed by atoms with E-state index in [1.165, 1.54) is 12.1 Å². The highest BCUT2D eigenvalue weighted by Gasteiger charge is 2.12. The Balaban J connectivity index is 1.74. The standard InChI is InChI=1S/C14H21FN2O2/c1-18-14-3-2-12(15)8-11(14)4-5-16-9-13-10-17-6-7-19-13/h2-3,8,13,16-17H,4-7,9-10H2,1H3. The molecule has 1 aromatic rings. The number of nitrogens with one attached hydrogen (secondary N) is 2. The van der Waals surface area contributed by atoms with Crippen molar-refractivity contribution in [3.63, 3.8) is 0 Å².